The van der Waals surface area contributed by atoms with Gasteiger partial charge < -0.3 is 25.5 Å². The van der Waals surface area contributed by atoms with Crippen LogP contribution in [0.5, 0.6) is 0 Å². The van der Waals surface area contributed by atoms with Crippen LogP contribution in [0.2, 0.25) is 0 Å². The number of benzene rings is 2. The van der Waals surface area contributed by atoms with Gasteiger partial charge in [0.1, 0.15) is 6.61 Å². The SMILES string of the molecule is CNC(=O)[C@@](C)(C(=O)CO)N(C)C(=O)c1ccc(C#Cc2ccc([C@H](O)/C=C/CO)cc2)cc1. The van der Waals surface area contributed by atoms with E-state index in [1.165, 1.54) is 33.2 Å². The fourth-order valence-corrected chi connectivity index (χ4v) is 3.17. The van der Waals surface area contributed by atoms with Crippen LogP contribution in [0, 0.1) is 11.8 Å². The van der Waals surface area contributed by atoms with E-state index >= 15 is 0 Å². The van der Waals surface area contributed by atoms with Crippen molar-refractivity contribution in [1.29, 1.82) is 0 Å². The van der Waals surface area contributed by atoms with E-state index in [9.17, 15) is 24.6 Å². The lowest BCUT2D eigenvalue weighted by atomic mass is 9.92. The third-order valence-corrected chi connectivity index (χ3v) is 5.49. The van der Waals surface area contributed by atoms with Crippen LogP contribution in [0.3, 0.4) is 0 Å². The first-order valence-corrected chi connectivity index (χ1v) is 10.5. The Hall–Kier alpha value is -3.77. The largest absolute Gasteiger partial charge is 0.392 e. The Bertz CT molecular complexity index is 1090. The maximum absolute atomic E-state index is 12.9. The molecule has 8 heteroatoms. The van der Waals surface area contributed by atoms with E-state index in [0.717, 1.165) is 10.5 Å². The first-order valence-electron chi connectivity index (χ1n) is 10.5. The van der Waals surface area contributed by atoms with Crippen LogP contribution >= 0.6 is 0 Å². The molecule has 0 saturated carbocycles. The molecule has 2 amide bonds. The molecule has 0 aliphatic rings. The van der Waals surface area contributed by atoms with Crippen LogP contribution in [0.4, 0.5) is 0 Å². The fraction of sp³-hybridized carbons (Fsp3) is 0.269. The van der Waals surface area contributed by atoms with Gasteiger partial charge in [-0.1, -0.05) is 36.1 Å². The molecule has 0 heterocycles. The van der Waals surface area contributed by atoms with Crippen LogP contribution in [-0.2, 0) is 9.59 Å². The zero-order valence-corrected chi connectivity index (χ0v) is 19.3. The summed E-state index contributed by atoms with van der Waals surface area (Å²) >= 11 is 0. The zero-order chi connectivity index (χ0) is 25.3. The molecule has 2 atom stereocenters. The van der Waals surface area contributed by atoms with E-state index in [-0.39, 0.29) is 12.2 Å². The molecule has 0 unspecified atom stereocenters. The van der Waals surface area contributed by atoms with Crippen molar-refractivity contribution in [3.8, 4) is 11.8 Å². The molecule has 8 nitrogen and oxygen atoms in total. The maximum atomic E-state index is 12.9. The Kier molecular flexibility index (Phi) is 9.27. The number of aliphatic hydroxyl groups excluding tert-OH is 3. The molecule has 2 aromatic carbocycles. The predicted molar refractivity (Wildman–Crippen MR) is 127 cm³/mol. The van der Waals surface area contributed by atoms with Crippen molar-refractivity contribution in [2.24, 2.45) is 0 Å². The number of ketones is 1. The Labute approximate surface area is 198 Å². The lowest BCUT2D eigenvalue weighted by molar-refractivity contribution is -0.143. The first-order chi connectivity index (χ1) is 16.2. The van der Waals surface area contributed by atoms with E-state index in [4.69, 9.17) is 5.11 Å². The molecule has 0 spiro atoms. The number of nitrogens with zero attached hydrogens (tertiary/aromatic N) is 1. The first kappa shape index (κ1) is 26.5. The highest BCUT2D eigenvalue weighted by Crippen LogP contribution is 2.19. The molecule has 4 N–H and O–H groups in total. The van der Waals surface area contributed by atoms with Crippen molar-refractivity contribution in [1.82, 2.24) is 10.2 Å². The highest BCUT2D eigenvalue weighted by atomic mass is 16.3. The lowest BCUT2D eigenvalue weighted by Crippen LogP contribution is -2.62. The monoisotopic (exact) mass is 464 g/mol. The standard InChI is InChI=1S/C26H28N2O6/c1-26(23(32)17-30,25(34)27-2)28(3)24(33)21-14-10-19(11-15-21)7-6-18-8-12-20(13-9-18)22(31)5-4-16-29/h4-5,8-15,22,29-31H,16-17H2,1-3H3,(H,27,34)/b5-4+/t22-,26-/m1/s1. The van der Waals surface area contributed by atoms with Crippen molar-refractivity contribution in [3.05, 3.63) is 82.9 Å². The summed E-state index contributed by atoms with van der Waals surface area (Å²) in [6.45, 7) is 0.264. The second-order valence-electron chi connectivity index (χ2n) is 7.60. The molecule has 0 bridgehead atoms. The highest BCUT2D eigenvalue weighted by Gasteiger charge is 2.46. The van der Waals surface area contributed by atoms with Crippen LogP contribution in [0.1, 0.15) is 40.1 Å². The van der Waals surface area contributed by atoms with Gasteiger partial charge in [0.05, 0.1) is 12.7 Å². The van der Waals surface area contributed by atoms with E-state index in [1.807, 2.05) is 0 Å². The molecule has 178 valence electrons. The summed E-state index contributed by atoms with van der Waals surface area (Å²) in [5.74, 6) is 3.93. The number of nitrogens with one attached hydrogen (secondary N) is 1. The number of carbonyl (C=O) groups is 3. The lowest BCUT2D eigenvalue weighted by Gasteiger charge is -2.35. The van der Waals surface area contributed by atoms with Crippen molar-refractivity contribution < 1.29 is 29.7 Å². The Morgan fingerprint density at radius 2 is 1.56 bits per heavy atom. The number of aliphatic hydroxyl groups is 3. The molecule has 0 saturated heterocycles. The Morgan fingerprint density at radius 3 is 2.03 bits per heavy atom. The molecule has 2 rings (SSSR count). The highest BCUT2D eigenvalue weighted by molar-refractivity contribution is 6.14. The van der Waals surface area contributed by atoms with Gasteiger partial charge in [-0.3, -0.25) is 14.4 Å². The number of amides is 2. The number of hydrogen-bond acceptors (Lipinski definition) is 6. The molecule has 34 heavy (non-hydrogen) atoms. The van der Waals surface area contributed by atoms with Crippen molar-refractivity contribution in [2.75, 3.05) is 27.3 Å². The molecular weight excluding hydrogens is 436 g/mol. The zero-order valence-electron chi connectivity index (χ0n) is 19.3. The minimum Gasteiger partial charge on any atom is -0.392 e. The molecule has 0 aliphatic heterocycles. The van der Waals surface area contributed by atoms with E-state index in [1.54, 1.807) is 48.5 Å². The molecule has 0 aliphatic carbocycles. The van der Waals surface area contributed by atoms with Gasteiger partial charge in [0, 0.05) is 30.8 Å². The minimum absolute atomic E-state index is 0.143. The second-order valence-corrected chi connectivity index (χ2v) is 7.60. The van der Waals surface area contributed by atoms with E-state index < -0.39 is 35.8 Å². The molecular formula is C26H28N2O6. The van der Waals surface area contributed by atoms with E-state index in [0.29, 0.717) is 11.1 Å². The Balaban J connectivity index is 2.17. The predicted octanol–water partition coefficient (Wildman–Crippen LogP) is 0.806. The summed E-state index contributed by atoms with van der Waals surface area (Å²) in [5, 5.41) is 30.4. The fourth-order valence-electron chi connectivity index (χ4n) is 3.17. The maximum Gasteiger partial charge on any atom is 0.254 e. The smallest absolute Gasteiger partial charge is 0.254 e. The summed E-state index contributed by atoms with van der Waals surface area (Å²) in [7, 11) is 2.68. The number of Topliss-reactive ketones (excluding diaryl/α,β-unsaturated/α-hetero) is 1. The molecule has 0 fully saturated rings. The number of likely N-dealkylation sites (N-methyl/N-ethyl adjacent to an activating group) is 2. The van der Waals surface area contributed by atoms with Crippen molar-refractivity contribution in [3.63, 3.8) is 0 Å². The second kappa shape index (κ2) is 11.9. The quantitative estimate of drug-likeness (QED) is 0.260. The number of carbonyl (C=O) groups excluding carboxylic acids is 3. The Morgan fingerprint density at radius 1 is 1.03 bits per heavy atom. The van der Waals surface area contributed by atoms with Gasteiger partial charge in [0.2, 0.25) is 0 Å². The average molecular weight is 465 g/mol. The topological polar surface area (TPSA) is 127 Å². The van der Waals surface area contributed by atoms with Crippen LogP contribution in [0.25, 0.3) is 0 Å². The van der Waals surface area contributed by atoms with Crippen molar-refractivity contribution in [2.45, 2.75) is 18.6 Å². The van der Waals surface area contributed by atoms with Crippen LogP contribution < -0.4 is 5.32 Å². The number of rotatable bonds is 8. The van der Waals surface area contributed by atoms with Gasteiger partial charge in [-0.2, -0.15) is 0 Å². The summed E-state index contributed by atoms with van der Waals surface area (Å²) in [5.41, 5.74) is 0.446. The minimum atomic E-state index is -1.85. The molecule has 2 aromatic rings. The third-order valence-electron chi connectivity index (χ3n) is 5.49. The molecule has 0 radical (unpaired) electrons. The van der Waals surface area contributed by atoms with E-state index in [2.05, 4.69) is 17.2 Å². The third kappa shape index (κ3) is 5.97. The summed E-state index contributed by atoms with van der Waals surface area (Å²) < 4.78 is 0. The van der Waals surface area contributed by atoms with Crippen LogP contribution in [-0.4, -0.2) is 70.7 Å². The van der Waals surface area contributed by atoms with Gasteiger partial charge in [-0.15, -0.1) is 0 Å². The normalized spacial score (nSPS) is 13.4. The summed E-state index contributed by atoms with van der Waals surface area (Å²) in [6, 6.07) is 13.4. The van der Waals surface area contributed by atoms with Crippen molar-refractivity contribution >= 4 is 17.6 Å². The summed E-state index contributed by atoms with van der Waals surface area (Å²) in [6.07, 6.45) is 2.15. The van der Waals surface area contributed by atoms with Gasteiger partial charge >= 0.3 is 0 Å². The van der Waals surface area contributed by atoms with Gasteiger partial charge in [-0.25, -0.2) is 0 Å². The van der Waals surface area contributed by atoms with Crippen LogP contribution in [0.15, 0.2) is 60.7 Å². The van der Waals surface area contributed by atoms with Gasteiger partial charge in [0.25, 0.3) is 11.8 Å². The number of hydrogen-bond donors (Lipinski definition) is 4. The molecule has 0 aromatic heterocycles. The average Bonchev–Trinajstić information content (AvgIpc) is 2.88. The summed E-state index contributed by atoms with van der Waals surface area (Å²) in [4.78, 5) is 38.5. The van der Waals surface area contributed by atoms with Gasteiger partial charge in [0.15, 0.2) is 11.3 Å². The van der Waals surface area contributed by atoms with Gasteiger partial charge in [-0.05, 0) is 48.9 Å².